The fourth-order valence-corrected chi connectivity index (χ4v) is 1.90. The van der Waals surface area contributed by atoms with Gasteiger partial charge in [0.05, 0.1) is 11.4 Å². The molecule has 1 atom stereocenters. The van der Waals surface area contributed by atoms with Gasteiger partial charge in [0.25, 0.3) is 0 Å². The molecule has 2 nitrogen and oxygen atoms in total. The van der Waals surface area contributed by atoms with Gasteiger partial charge >= 0.3 is 0 Å². The molecule has 2 rings (SSSR count). The Morgan fingerprint density at radius 3 is 3.08 bits per heavy atom. The highest BCUT2D eigenvalue weighted by Gasteiger charge is 2.17. The van der Waals surface area contributed by atoms with Crippen LogP contribution in [0.15, 0.2) is 6.07 Å². The van der Waals surface area contributed by atoms with Gasteiger partial charge in [-0.3, -0.25) is 0 Å². The van der Waals surface area contributed by atoms with Crippen LogP contribution in [0, 0.1) is 6.92 Å². The minimum atomic E-state index is 0.613. The van der Waals surface area contributed by atoms with E-state index < -0.39 is 0 Å². The first-order chi connectivity index (χ1) is 5.77. The number of hydrogen-bond donors (Lipinski definition) is 0. The maximum absolute atomic E-state index is 4.25. The summed E-state index contributed by atoms with van der Waals surface area (Å²) < 4.78 is 0. The van der Waals surface area contributed by atoms with Crippen molar-refractivity contribution >= 4 is 0 Å². The van der Waals surface area contributed by atoms with Gasteiger partial charge in [-0.1, -0.05) is 6.92 Å². The number of aromatic nitrogens is 2. The standard InChI is InChI=1S/C10H14N2/c1-7-4-3-5-9-6-8(2)11-12-10(7)9/h6-7H,3-5H2,1-2H3. The Hall–Kier alpha value is -0.920. The molecule has 1 heterocycles. The lowest BCUT2D eigenvalue weighted by Crippen LogP contribution is -2.11. The quantitative estimate of drug-likeness (QED) is 0.584. The van der Waals surface area contributed by atoms with E-state index in [0.29, 0.717) is 5.92 Å². The molecule has 1 unspecified atom stereocenters. The molecule has 0 bridgehead atoms. The van der Waals surface area contributed by atoms with Gasteiger partial charge in [-0.15, -0.1) is 0 Å². The molecule has 12 heavy (non-hydrogen) atoms. The van der Waals surface area contributed by atoms with E-state index in [9.17, 15) is 0 Å². The predicted octanol–water partition coefficient (Wildman–Crippen LogP) is 2.22. The molecule has 0 aliphatic heterocycles. The minimum Gasteiger partial charge on any atom is -0.156 e. The zero-order chi connectivity index (χ0) is 8.55. The van der Waals surface area contributed by atoms with Crippen molar-refractivity contribution in [2.75, 3.05) is 0 Å². The first-order valence-corrected chi connectivity index (χ1v) is 4.60. The van der Waals surface area contributed by atoms with Gasteiger partial charge in [0, 0.05) is 5.92 Å². The van der Waals surface area contributed by atoms with Crippen LogP contribution in [0.1, 0.15) is 42.6 Å². The summed E-state index contributed by atoms with van der Waals surface area (Å²) in [7, 11) is 0. The molecule has 1 aliphatic rings. The first kappa shape index (κ1) is 7.71. The second-order valence-electron chi connectivity index (χ2n) is 3.69. The van der Waals surface area contributed by atoms with Crippen molar-refractivity contribution in [3.05, 3.63) is 23.0 Å². The highest BCUT2D eigenvalue weighted by atomic mass is 15.1. The van der Waals surface area contributed by atoms with E-state index in [1.165, 1.54) is 30.5 Å². The number of nitrogens with zero attached hydrogens (tertiary/aromatic N) is 2. The topological polar surface area (TPSA) is 25.8 Å². The molecule has 1 aromatic rings. The summed E-state index contributed by atoms with van der Waals surface area (Å²) in [6.45, 7) is 4.24. The number of fused-ring (bicyclic) bond motifs is 1. The van der Waals surface area contributed by atoms with Crippen molar-refractivity contribution in [3.63, 3.8) is 0 Å². The third-order valence-corrected chi connectivity index (χ3v) is 2.58. The van der Waals surface area contributed by atoms with Gasteiger partial charge in [-0.25, -0.2) is 0 Å². The van der Waals surface area contributed by atoms with Gasteiger partial charge in [0.1, 0.15) is 0 Å². The van der Waals surface area contributed by atoms with Crippen LogP contribution in [0.3, 0.4) is 0 Å². The van der Waals surface area contributed by atoms with Crippen molar-refractivity contribution in [3.8, 4) is 0 Å². The lowest BCUT2D eigenvalue weighted by Gasteiger charge is -2.19. The second kappa shape index (κ2) is 2.85. The molecular formula is C10H14N2. The third kappa shape index (κ3) is 1.22. The zero-order valence-corrected chi connectivity index (χ0v) is 7.67. The largest absolute Gasteiger partial charge is 0.156 e. The average molecular weight is 162 g/mol. The Labute approximate surface area is 73.0 Å². The Kier molecular flexibility index (Phi) is 1.83. The summed E-state index contributed by atoms with van der Waals surface area (Å²) >= 11 is 0. The summed E-state index contributed by atoms with van der Waals surface area (Å²) in [5.41, 5.74) is 3.69. The molecule has 0 saturated heterocycles. The van der Waals surface area contributed by atoms with Crippen LogP contribution in [0.4, 0.5) is 0 Å². The molecule has 0 amide bonds. The average Bonchev–Trinajstić information content (AvgIpc) is 2.04. The number of rotatable bonds is 0. The van der Waals surface area contributed by atoms with Gasteiger partial charge in [-0.2, -0.15) is 10.2 Å². The highest BCUT2D eigenvalue weighted by Crippen LogP contribution is 2.28. The maximum atomic E-state index is 4.25. The van der Waals surface area contributed by atoms with Gasteiger partial charge in [0.2, 0.25) is 0 Å². The summed E-state index contributed by atoms with van der Waals surface area (Å²) in [5, 5.41) is 8.34. The molecule has 0 saturated carbocycles. The predicted molar refractivity (Wildman–Crippen MR) is 48.1 cm³/mol. The molecule has 0 aromatic carbocycles. The second-order valence-corrected chi connectivity index (χ2v) is 3.69. The molecule has 0 N–H and O–H groups in total. The molecule has 0 fully saturated rings. The molecule has 64 valence electrons. The van der Waals surface area contributed by atoms with Crippen LogP contribution < -0.4 is 0 Å². The number of hydrogen-bond acceptors (Lipinski definition) is 2. The third-order valence-electron chi connectivity index (χ3n) is 2.58. The van der Waals surface area contributed by atoms with E-state index in [-0.39, 0.29) is 0 Å². The molecule has 2 heteroatoms. The fraction of sp³-hybridized carbons (Fsp3) is 0.600. The van der Waals surface area contributed by atoms with Crippen molar-refractivity contribution in [1.29, 1.82) is 0 Å². The SMILES string of the molecule is Cc1cc2c(nn1)C(C)CCC2. The van der Waals surface area contributed by atoms with Crippen LogP contribution >= 0.6 is 0 Å². The normalized spacial score (nSPS) is 22.0. The van der Waals surface area contributed by atoms with Gasteiger partial charge in [0.15, 0.2) is 0 Å². The monoisotopic (exact) mass is 162 g/mol. The lowest BCUT2D eigenvalue weighted by atomic mass is 9.88. The Balaban J connectivity index is 2.46. The first-order valence-electron chi connectivity index (χ1n) is 4.60. The number of aryl methyl sites for hydroxylation is 2. The molecule has 1 aromatic heterocycles. The van der Waals surface area contributed by atoms with Crippen LogP contribution in [-0.2, 0) is 6.42 Å². The van der Waals surface area contributed by atoms with E-state index in [0.717, 1.165) is 5.69 Å². The van der Waals surface area contributed by atoms with Crippen LogP contribution in [0.25, 0.3) is 0 Å². The summed E-state index contributed by atoms with van der Waals surface area (Å²) in [6.07, 6.45) is 3.76. The Morgan fingerprint density at radius 2 is 2.25 bits per heavy atom. The molecule has 0 spiro atoms. The molecule has 1 aliphatic carbocycles. The van der Waals surface area contributed by atoms with Crippen molar-refractivity contribution in [2.45, 2.75) is 39.0 Å². The lowest BCUT2D eigenvalue weighted by molar-refractivity contribution is 0.562. The van der Waals surface area contributed by atoms with Crippen molar-refractivity contribution in [1.82, 2.24) is 10.2 Å². The van der Waals surface area contributed by atoms with E-state index in [2.05, 4.69) is 23.2 Å². The van der Waals surface area contributed by atoms with E-state index in [1.54, 1.807) is 0 Å². The Bertz CT molecular complexity index is 294. The van der Waals surface area contributed by atoms with E-state index in [1.807, 2.05) is 6.92 Å². The maximum Gasteiger partial charge on any atom is 0.0691 e. The van der Waals surface area contributed by atoms with Crippen molar-refractivity contribution < 1.29 is 0 Å². The van der Waals surface area contributed by atoms with Crippen molar-refractivity contribution in [2.24, 2.45) is 0 Å². The smallest absolute Gasteiger partial charge is 0.0691 e. The molecular weight excluding hydrogens is 148 g/mol. The molecule has 0 radical (unpaired) electrons. The summed E-state index contributed by atoms with van der Waals surface area (Å²) in [5.74, 6) is 0.613. The fourth-order valence-electron chi connectivity index (χ4n) is 1.90. The minimum absolute atomic E-state index is 0.613. The van der Waals surface area contributed by atoms with E-state index in [4.69, 9.17) is 0 Å². The van der Waals surface area contributed by atoms with Gasteiger partial charge in [-0.05, 0) is 37.8 Å². The Morgan fingerprint density at radius 1 is 1.42 bits per heavy atom. The summed E-state index contributed by atoms with van der Waals surface area (Å²) in [6, 6.07) is 2.18. The highest BCUT2D eigenvalue weighted by molar-refractivity contribution is 5.25. The van der Waals surface area contributed by atoms with Crippen LogP contribution in [0.2, 0.25) is 0 Å². The van der Waals surface area contributed by atoms with E-state index >= 15 is 0 Å². The van der Waals surface area contributed by atoms with Crippen LogP contribution in [0.5, 0.6) is 0 Å². The van der Waals surface area contributed by atoms with Gasteiger partial charge < -0.3 is 0 Å². The summed E-state index contributed by atoms with van der Waals surface area (Å²) in [4.78, 5) is 0. The zero-order valence-electron chi connectivity index (χ0n) is 7.67. The van der Waals surface area contributed by atoms with Crippen LogP contribution in [-0.4, -0.2) is 10.2 Å².